The lowest BCUT2D eigenvalue weighted by molar-refractivity contribution is 0.0438. The molecule has 0 aliphatic carbocycles. The minimum absolute atomic E-state index is 0.432. The molecule has 2 heterocycles. The summed E-state index contributed by atoms with van der Waals surface area (Å²) in [4.78, 5) is 2.40. The van der Waals surface area contributed by atoms with Crippen molar-refractivity contribution in [1.82, 2.24) is 9.21 Å². The van der Waals surface area contributed by atoms with E-state index in [0.717, 1.165) is 51.7 Å². The van der Waals surface area contributed by atoms with E-state index in [-0.39, 0.29) is 0 Å². The minimum Gasteiger partial charge on any atom is -0.390 e. The van der Waals surface area contributed by atoms with Gasteiger partial charge in [-0.25, -0.2) is 12.7 Å². The van der Waals surface area contributed by atoms with E-state index in [4.69, 9.17) is 0 Å². The molecular weight excluding hydrogens is 276 g/mol. The Morgan fingerprint density at radius 1 is 1.20 bits per heavy atom. The molecule has 0 aromatic carbocycles. The zero-order valence-corrected chi connectivity index (χ0v) is 13.5. The molecule has 0 spiro atoms. The third kappa shape index (κ3) is 4.69. The fourth-order valence-electron chi connectivity index (χ4n) is 3.34. The normalized spacial score (nSPS) is 34.9. The standard InChI is InChI=1S/C14H28N2O3S/c1-14(17)6-4-8-15(10-7-14)11-13-5-3-9-16(12-13)20(2,18)19/h13,17H,3-12H2,1-2H3. The van der Waals surface area contributed by atoms with Gasteiger partial charge in [0.1, 0.15) is 0 Å². The number of nitrogens with zero attached hydrogens (tertiary/aromatic N) is 2. The molecule has 0 bridgehead atoms. The SMILES string of the molecule is CC1(O)CCCN(CC2CCCN(S(C)(=O)=O)C2)CC1. The number of sulfonamides is 1. The Labute approximate surface area is 123 Å². The molecule has 2 aliphatic rings. The highest BCUT2D eigenvalue weighted by Gasteiger charge is 2.29. The van der Waals surface area contributed by atoms with Crippen molar-refractivity contribution in [2.24, 2.45) is 5.92 Å². The molecule has 5 nitrogen and oxygen atoms in total. The summed E-state index contributed by atoms with van der Waals surface area (Å²) in [7, 11) is -3.05. The maximum absolute atomic E-state index is 11.6. The molecule has 1 N–H and O–H groups in total. The second-order valence-electron chi connectivity index (χ2n) is 6.78. The molecule has 6 heteroatoms. The summed E-state index contributed by atoms with van der Waals surface area (Å²) < 4.78 is 24.9. The van der Waals surface area contributed by atoms with Crippen molar-refractivity contribution in [3.8, 4) is 0 Å². The van der Waals surface area contributed by atoms with Crippen LogP contribution >= 0.6 is 0 Å². The van der Waals surface area contributed by atoms with E-state index < -0.39 is 15.6 Å². The summed E-state index contributed by atoms with van der Waals surface area (Å²) in [6.45, 7) is 6.15. The zero-order valence-electron chi connectivity index (χ0n) is 12.7. The fourth-order valence-corrected chi connectivity index (χ4v) is 4.29. The van der Waals surface area contributed by atoms with Gasteiger partial charge >= 0.3 is 0 Å². The van der Waals surface area contributed by atoms with Crippen LogP contribution in [0.2, 0.25) is 0 Å². The Kier molecular flexibility index (Phi) is 5.10. The van der Waals surface area contributed by atoms with E-state index in [1.807, 2.05) is 6.92 Å². The number of hydrogen-bond acceptors (Lipinski definition) is 4. The topological polar surface area (TPSA) is 60.9 Å². The third-order valence-electron chi connectivity index (χ3n) is 4.62. The quantitative estimate of drug-likeness (QED) is 0.841. The Bertz CT molecular complexity index is 422. The van der Waals surface area contributed by atoms with Gasteiger partial charge in [0.05, 0.1) is 11.9 Å². The molecule has 0 aromatic rings. The largest absolute Gasteiger partial charge is 0.390 e. The highest BCUT2D eigenvalue weighted by Crippen LogP contribution is 2.24. The first-order valence-corrected chi connectivity index (χ1v) is 9.51. The van der Waals surface area contributed by atoms with Crippen LogP contribution < -0.4 is 0 Å². The second kappa shape index (κ2) is 6.30. The molecule has 2 rings (SSSR count). The molecule has 2 unspecified atom stereocenters. The first-order chi connectivity index (χ1) is 9.26. The third-order valence-corrected chi connectivity index (χ3v) is 5.89. The first kappa shape index (κ1) is 16.2. The number of piperidine rings is 1. The predicted octanol–water partition coefficient (Wildman–Crippen LogP) is 0.895. The molecule has 118 valence electrons. The van der Waals surface area contributed by atoms with Crippen molar-refractivity contribution < 1.29 is 13.5 Å². The molecule has 2 saturated heterocycles. The van der Waals surface area contributed by atoms with Gasteiger partial charge in [0.2, 0.25) is 10.0 Å². The molecule has 2 atom stereocenters. The maximum Gasteiger partial charge on any atom is 0.211 e. The number of rotatable bonds is 3. The van der Waals surface area contributed by atoms with Crippen LogP contribution in [-0.4, -0.2) is 67.3 Å². The van der Waals surface area contributed by atoms with E-state index in [2.05, 4.69) is 4.90 Å². The molecule has 20 heavy (non-hydrogen) atoms. The Balaban J connectivity index is 1.87. The van der Waals surface area contributed by atoms with Crippen molar-refractivity contribution in [3.05, 3.63) is 0 Å². The molecular formula is C14H28N2O3S. The highest BCUT2D eigenvalue weighted by molar-refractivity contribution is 7.88. The first-order valence-electron chi connectivity index (χ1n) is 7.66. The summed E-state index contributed by atoms with van der Waals surface area (Å²) in [5.74, 6) is 0.432. The molecule has 0 saturated carbocycles. The minimum atomic E-state index is -3.05. The van der Waals surface area contributed by atoms with Gasteiger partial charge < -0.3 is 10.0 Å². The summed E-state index contributed by atoms with van der Waals surface area (Å²) in [6.07, 6.45) is 6.08. The summed E-state index contributed by atoms with van der Waals surface area (Å²) in [6, 6.07) is 0. The van der Waals surface area contributed by atoms with Crippen LogP contribution in [-0.2, 0) is 10.0 Å². The average Bonchev–Trinajstić information content (AvgIpc) is 2.50. The zero-order chi connectivity index (χ0) is 14.8. The molecule has 0 amide bonds. The van der Waals surface area contributed by atoms with Crippen LogP contribution in [0.4, 0.5) is 0 Å². The molecule has 2 aliphatic heterocycles. The van der Waals surface area contributed by atoms with Gasteiger partial charge in [0, 0.05) is 26.2 Å². The average molecular weight is 304 g/mol. The number of aliphatic hydroxyl groups is 1. The van der Waals surface area contributed by atoms with Crippen LogP contribution in [0.5, 0.6) is 0 Å². The van der Waals surface area contributed by atoms with E-state index in [0.29, 0.717) is 19.0 Å². The highest BCUT2D eigenvalue weighted by atomic mass is 32.2. The Morgan fingerprint density at radius 2 is 1.95 bits per heavy atom. The lowest BCUT2D eigenvalue weighted by Crippen LogP contribution is -2.43. The smallest absolute Gasteiger partial charge is 0.211 e. The van der Waals surface area contributed by atoms with Crippen LogP contribution in [0.1, 0.15) is 39.0 Å². The van der Waals surface area contributed by atoms with Gasteiger partial charge in [-0.1, -0.05) is 0 Å². The van der Waals surface area contributed by atoms with Gasteiger partial charge in [0.15, 0.2) is 0 Å². The number of hydrogen-bond donors (Lipinski definition) is 1. The molecule has 2 fully saturated rings. The lowest BCUT2D eigenvalue weighted by Gasteiger charge is -2.34. The van der Waals surface area contributed by atoms with E-state index >= 15 is 0 Å². The van der Waals surface area contributed by atoms with E-state index in [9.17, 15) is 13.5 Å². The lowest BCUT2D eigenvalue weighted by atomic mass is 9.98. The summed E-state index contributed by atoms with van der Waals surface area (Å²) in [5.41, 5.74) is -0.528. The van der Waals surface area contributed by atoms with Crippen LogP contribution in [0.15, 0.2) is 0 Å². The van der Waals surface area contributed by atoms with Crippen molar-refractivity contribution in [2.75, 3.05) is 39.0 Å². The van der Waals surface area contributed by atoms with Crippen molar-refractivity contribution in [2.45, 2.75) is 44.6 Å². The number of likely N-dealkylation sites (tertiary alicyclic amines) is 1. The monoisotopic (exact) mass is 304 g/mol. The Morgan fingerprint density at radius 3 is 2.65 bits per heavy atom. The van der Waals surface area contributed by atoms with Crippen LogP contribution in [0.3, 0.4) is 0 Å². The van der Waals surface area contributed by atoms with Gasteiger partial charge in [0.25, 0.3) is 0 Å². The van der Waals surface area contributed by atoms with Crippen LogP contribution in [0, 0.1) is 5.92 Å². The van der Waals surface area contributed by atoms with Gasteiger partial charge in [-0.2, -0.15) is 0 Å². The fraction of sp³-hybridized carbons (Fsp3) is 1.00. The van der Waals surface area contributed by atoms with Gasteiger partial charge in [-0.3, -0.25) is 0 Å². The Hall–Kier alpha value is -0.170. The van der Waals surface area contributed by atoms with Crippen molar-refractivity contribution in [3.63, 3.8) is 0 Å². The van der Waals surface area contributed by atoms with E-state index in [1.54, 1.807) is 4.31 Å². The second-order valence-corrected chi connectivity index (χ2v) is 8.76. The van der Waals surface area contributed by atoms with Gasteiger partial charge in [-0.15, -0.1) is 0 Å². The summed E-state index contributed by atoms with van der Waals surface area (Å²) in [5, 5.41) is 10.1. The van der Waals surface area contributed by atoms with Crippen molar-refractivity contribution >= 4 is 10.0 Å². The molecule has 0 radical (unpaired) electrons. The summed E-state index contributed by atoms with van der Waals surface area (Å²) >= 11 is 0. The van der Waals surface area contributed by atoms with Gasteiger partial charge in [-0.05, 0) is 51.5 Å². The van der Waals surface area contributed by atoms with Crippen LogP contribution in [0.25, 0.3) is 0 Å². The predicted molar refractivity (Wildman–Crippen MR) is 80.1 cm³/mol. The van der Waals surface area contributed by atoms with E-state index in [1.165, 1.54) is 6.26 Å². The van der Waals surface area contributed by atoms with Crippen molar-refractivity contribution in [1.29, 1.82) is 0 Å². The molecule has 0 aromatic heterocycles. The maximum atomic E-state index is 11.6.